The molecule has 90 valence electrons. The molecule has 2 rings (SSSR count). The van der Waals surface area contributed by atoms with E-state index in [2.05, 4.69) is 39.0 Å². The minimum Gasteiger partial charge on any atom is -0.496 e. The van der Waals surface area contributed by atoms with Crippen LogP contribution in [0.2, 0.25) is 0 Å². The molecule has 0 saturated heterocycles. The third kappa shape index (κ3) is 1.91. The molecule has 0 heterocycles. The van der Waals surface area contributed by atoms with Crippen molar-refractivity contribution in [3.05, 3.63) is 29.3 Å². The largest absolute Gasteiger partial charge is 0.496 e. The summed E-state index contributed by atoms with van der Waals surface area (Å²) in [5.41, 5.74) is 2.49. The van der Waals surface area contributed by atoms with E-state index in [-0.39, 0.29) is 11.3 Å². The van der Waals surface area contributed by atoms with Crippen molar-refractivity contribution >= 4 is 0 Å². The third-order valence-corrected chi connectivity index (χ3v) is 3.90. The molecule has 0 N–H and O–H groups in total. The Balaban J connectivity index is 2.45. The van der Waals surface area contributed by atoms with E-state index in [1.54, 1.807) is 7.11 Å². The molecule has 1 saturated carbocycles. The van der Waals surface area contributed by atoms with Gasteiger partial charge in [-0.3, -0.25) is 0 Å². The van der Waals surface area contributed by atoms with Crippen LogP contribution in [0.15, 0.2) is 18.2 Å². The predicted molar refractivity (Wildman–Crippen MR) is 68.2 cm³/mol. The van der Waals surface area contributed by atoms with Crippen molar-refractivity contribution in [3.8, 4) is 11.8 Å². The zero-order valence-electron chi connectivity index (χ0n) is 10.9. The van der Waals surface area contributed by atoms with Crippen LogP contribution in [0, 0.1) is 17.2 Å². The van der Waals surface area contributed by atoms with E-state index in [0.717, 1.165) is 12.2 Å². The van der Waals surface area contributed by atoms with Crippen LogP contribution in [-0.4, -0.2) is 7.11 Å². The summed E-state index contributed by atoms with van der Waals surface area (Å²) in [6.45, 7) is 6.52. The van der Waals surface area contributed by atoms with E-state index in [0.29, 0.717) is 5.92 Å². The first kappa shape index (κ1) is 12.0. The van der Waals surface area contributed by atoms with Crippen molar-refractivity contribution < 1.29 is 4.74 Å². The topological polar surface area (TPSA) is 33.0 Å². The fourth-order valence-electron chi connectivity index (χ4n) is 2.38. The molecule has 2 unspecified atom stereocenters. The summed E-state index contributed by atoms with van der Waals surface area (Å²) in [5.74, 6) is 1.55. The molecule has 1 aliphatic carbocycles. The summed E-state index contributed by atoms with van der Waals surface area (Å²) in [6, 6.07) is 8.72. The van der Waals surface area contributed by atoms with Crippen LogP contribution in [0.1, 0.15) is 44.2 Å². The van der Waals surface area contributed by atoms with E-state index in [1.165, 1.54) is 11.1 Å². The fourth-order valence-corrected chi connectivity index (χ4v) is 2.38. The molecule has 0 spiro atoms. The molecular formula is C15H19NO. The first-order chi connectivity index (χ1) is 8.02. The normalized spacial score (nSPS) is 26.7. The minimum absolute atomic E-state index is 0.00894. The highest BCUT2D eigenvalue weighted by Gasteiger charge is 2.53. The van der Waals surface area contributed by atoms with Crippen LogP contribution in [0.5, 0.6) is 5.75 Å². The monoisotopic (exact) mass is 229 g/mol. The molecule has 1 fully saturated rings. The van der Waals surface area contributed by atoms with Crippen LogP contribution < -0.4 is 4.74 Å². The number of hydrogen-bond acceptors (Lipinski definition) is 2. The van der Waals surface area contributed by atoms with Gasteiger partial charge in [0.25, 0.3) is 0 Å². The molecule has 0 bridgehead atoms. The van der Waals surface area contributed by atoms with Gasteiger partial charge < -0.3 is 4.74 Å². The Labute approximate surface area is 103 Å². The fraction of sp³-hybridized carbons (Fsp3) is 0.533. The predicted octanol–water partition coefficient (Wildman–Crippen LogP) is 3.62. The number of ether oxygens (including phenoxy) is 1. The molecule has 1 aromatic rings. The van der Waals surface area contributed by atoms with Crippen molar-refractivity contribution in [3.63, 3.8) is 0 Å². The number of rotatable bonds is 3. The van der Waals surface area contributed by atoms with Crippen LogP contribution in [0.3, 0.4) is 0 Å². The van der Waals surface area contributed by atoms with Gasteiger partial charge in [0, 0.05) is 11.0 Å². The summed E-state index contributed by atoms with van der Waals surface area (Å²) in [6.07, 6.45) is 0.946. The summed E-state index contributed by atoms with van der Waals surface area (Å²) in [4.78, 5) is 0. The average molecular weight is 229 g/mol. The molecular weight excluding hydrogens is 210 g/mol. The maximum atomic E-state index is 9.05. The molecule has 2 atom stereocenters. The van der Waals surface area contributed by atoms with Crippen LogP contribution in [0.4, 0.5) is 0 Å². The molecule has 1 aliphatic rings. The van der Waals surface area contributed by atoms with Gasteiger partial charge in [-0.15, -0.1) is 0 Å². The highest BCUT2D eigenvalue weighted by molar-refractivity contribution is 5.48. The quantitative estimate of drug-likeness (QED) is 0.793. The highest BCUT2D eigenvalue weighted by atomic mass is 16.5. The Bertz CT molecular complexity index is 472. The van der Waals surface area contributed by atoms with Crippen LogP contribution in [-0.2, 0) is 5.41 Å². The minimum atomic E-state index is -0.00894. The molecule has 0 amide bonds. The standard InChI is InChI=1S/C15H19NO/c1-10(2)11-5-6-14(17-4)13(7-11)15(3)8-12(15)9-16/h5-7,10,12H,8H2,1-4H3. The second-order valence-corrected chi connectivity index (χ2v) is 5.42. The second-order valence-electron chi connectivity index (χ2n) is 5.42. The Kier molecular flexibility index (Phi) is 2.87. The molecule has 0 radical (unpaired) electrons. The maximum absolute atomic E-state index is 9.05. The van der Waals surface area contributed by atoms with Gasteiger partial charge in [0.15, 0.2) is 0 Å². The lowest BCUT2D eigenvalue weighted by Gasteiger charge is -2.17. The van der Waals surface area contributed by atoms with E-state index >= 15 is 0 Å². The maximum Gasteiger partial charge on any atom is 0.122 e. The van der Waals surface area contributed by atoms with Crippen molar-refractivity contribution in [2.45, 2.75) is 38.5 Å². The number of nitrogens with zero attached hydrogens (tertiary/aromatic N) is 1. The summed E-state index contributed by atoms with van der Waals surface area (Å²) < 4.78 is 5.43. The van der Waals surface area contributed by atoms with Crippen molar-refractivity contribution in [2.75, 3.05) is 7.11 Å². The number of nitriles is 1. The Morgan fingerprint density at radius 2 is 2.18 bits per heavy atom. The molecule has 0 aliphatic heterocycles. The van der Waals surface area contributed by atoms with E-state index < -0.39 is 0 Å². The van der Waals surface area contributed by atoms with Gasteiger partial charge in [0.2, 0.25) is 0 Å². The summed E-state index contributed by atoms with van der Waals surface area (Å²) >= 11 is 0. The second kappa shape index (κ2) is 4.07. The SMILES string of the molecule is COc1ccc(C(C)C)cc1C1(C)CC1C#N. The lowest BCUT2D eigenvalue weighted by molar-refractivity contribution is 0.404. The van der Waals surface area contributed by atoms with E-state index in [9.17, 15) is 0 Å². The first-order valence-corrected chi connectivity index (χ1v) is 6.11. The van der Waals surface area contributed by atoms with Gasteiger partial charge in [-0.25, -0.2) is 0 Å². The van der Waals surface area contributed by atoms with Crippen molar-refractivity contribution in [1.82, 2.24) is 0 Å². The molecule has 2 nitrogen and oxygen atoms in total. The van der Waals surface area contributed by atoms with Gasteiger partial charge in [0.1, 0.15) is 5.75 Å². The van der Waals surface area contributed by atoms with Gasteiger partial charge in [-0.1, -0.05) is 32.9 Å². The molecule has 17 heavy (non-hydrogen) atoms. The highest BCUT2D eigenvalue weighted by Crippen LogP contribution is 2.56. The summed E-state index contributed by atoms with van der Waals surface area (Å²) in [5, 5.41) is 9.05. The van der Waals surface area contributed by atoms with Crippen LogP contribution in [0.25, 0.3) is 0 Å². The zero-order chi connectivity index (χ0) is 12.6. The summed E-state index contributed by atoms with van der Waals surface area (Å²) in [7, 11) is 1.70. The van der Waals surface area contributed by atoms with Crippen LogP contribution >= 0.6 is 0 Å². The van der Waals surface area contributed by atoms with Crippen molar-refractivity contribution in [1.29, 1.82) is 5.26 Å². The smallest absolute Gasteiger partial charge is 0.122 e. The zero-order valence-corrected chi connectivity index (χ0v) is 10.9. The third-order valence-electron chi connectivity index (χ3n) is 3.90. The first-order valence-electron chi connectivity index (χ1n) is 6.11. The van der Waals surface area contributed by atoms with E-state index in [1.807, 2.05) is 6.07 Å². The van der Waals surface area contributed by atoms with Gasteiger partial charge in [0.05, 0.1) is 19.1 Å². The Morgan fingerprint density at radius 3 is 2.65 bits per heavy atom. The van der Waals surface area contributed by atoms with Gasteiger partial charge in [-0.05, 0) is 24.0 Å². The molecule has 1 aromatic carbocycles. The lowest BCUT2D eigenvalue weighted by Crippen LogP contribution is -2.07. The number of methoxy groups -OCH3 is 1. The average Bonchev–Trinajstić information content (AvgIpc) is 3.01. The molecule has 2 heteroatoms. The Morgan fingerprint density at radius 1 is 1.47 bits per heavy atom. The number of hydrogen-bond donors (Lipinski definition) is 0. The van der Waals surface area contributed by atoms with E-state index in [4.69, 9.17) is 10.00 Å². The van der Waals surface area contributed by atoms with Crippen molar-refractivity contribution in [2.24, 2.45) is 5.92 Å². The Hall–Kier alpha value is -1.49. The van der Waals surface area contributed by atoms with Gasteiger partial charge in [-0.2, -0.15) is 5.26 Å². The number of benzene rings is 1. The molecule has 0 aromatic heterocycles. The lowest BCUT2D eigenvalue weighted by atomic mass is 9.90. The van der Waals surface area contributed by atoms with Gasteiger partial charge >= 0.3 is 0 Å².